The van der Waals surface area contributed by atoms with Gasteiger partial charge in [0.2, 0.25) is 17.7 Å². The van der Waals surface area contributed by atoms with Crippen molar-refractivity contribution in [3.8, 4) is 0 Å². The number of benzene rings is 1. The SMILES string of the molecule is NC(Cc1ccccc1)C(=O)N1CCCC1C(=O)NC(CC(=O)O)C(=O)NC(CCC(=O)O)C(=O)O. The van der Waals surface area contributed by atoms with Gasteiger partial charge in [0.25, 0.3) is 0 Å². The van der Waals surface area contributed by atoms with E-state index < -0.39 is 79.1 Å². The van der Waals surface area contributed by atoms with Crippen LogP contribution in [0, 0.1) is 0 Å². The van der Waals surface area contributed by atoms with Crippen LogP contribution in [0.1, 0.15) is 37.7 Å². The molecule has 1 fully saturated rings. The predicted molar refractivity (Wildman–Crippen MR) is 123 cm³/mol. The Morgan fingerprint density at radius 2 is 1.64 bits per heavy atom. The number of nitrogens with one attached hydrogen (secondary N) is 2. The molecule has 3 amide bonds. The molecule has 196 valence electrons. The summed E-state index contributed by atoms with van der Waals surface area (Å²) in [5.74, 6) is -6.55. The van der Waals surface area contributed by atoms with E-state index in [1.165, 1.54) is 4.90 Å². The average molecular weight is 507 g/mol. The predicted octanol–water partition coefficient (Wildman–Crippen LogP) is -1.06. The number of carboxylic acid groups (broad SMARTS) is 3. The Balaban J connectivity index is 2.08. The quantitative estimate of drug-likeness (QED) is 0.190. The van der Waals surface area contributed by atoms with Gasteiger partial charge in [-0.3, -0.25) is 24.0 Å². The minimum Gasteiger partial charge on any atom is -0.481 e. The number of hydrogen-bond donors (Lipinski definition) is 6. The number of aliphatic carboxylic acids is 3. The van der Waals surface area contributed by atoms with Crippen molar-refractivity contribution in [2.45, 2.75) is 62.7 Å². The molecule has 13 nitrogen and oxygen atoms in total. The average Bonchev–Trinajstić information content (AvgIpc) is 3.30. The van der Waals surface area contributed by atoms with Crippen molar-refractivity contribution in [1.82, 2.24) is 15.5 Å². The van der Waals surface area contributed by atoms with Crippen molar-refractivity contribution in [3.05, 3.63) is 35.9 Å². The lowest BCUT2D eigenvalue weighted by atomic mass is 10.0. The number of nitrogens with zero attached hydrogens (tertiary/aromatic N) is 1. The Kier molecular flexibility index (Phi) is 10.3. The molecule has 0 bridgehead atoms. The van der Waals surface area contributed by atoms with Crippen molar-refractivity contribution in [2.75, 3.05) is 6.54 Å². The second kappa shape index (κ2) is 13.2. The Hall–Kier alpha value is -4.00. The number of nitrogens with two attached hydrogens (primary N) is 1. The zero-order valence-corrected chi connectivity index (χ0v) is 19.5. The monoisotopic (exact) mass is 506 g/mol. The van der Waals surface area contributed by atoms with Crippen LogP contribution >= 0.6 is 0 Å². The van der Waals surface area contributed by atoms with Gasteiger partial charge >= 0.3 is 17.9 Å². The van der Waals surface area contributed by atoms with Gasteiger partial charge in [0, 0.05) is 13.0 Å². The highest BCUT2D eigenvalue weighted by Crippen LogP contribution is 2.19. The molecule has 1 aromatic carbocycles. The van der Waals surface area contributed by atoms with Gasteiger partial charge in [-0.2, -0.15) is 0 Å². The third-order valence-electron chi connectivity index (χ3n) is 5.73. The summed E-state index contributed by atoms with van der Waals surface area (Å²) in [6, 6.07) is 3.95. The standard InChI is InChI=1S/C23H30N4O9/c24-14(11-13-5-2-1-3-6-13)22(34)27-10-4-7-17(27)21(33)26-16(12-19(30)31)20(32)25-15(23(35)36)8-9-18(28)29/h1-3,5-6,14-17H,4,7-12,24H2,(H,25,32)(H,26,33)(H,28,29)(H,30,31)(H,35,36). The maximum absolute atomic E-state index is 13.0. The van der Waals surface area contributed by atoms with E-state index >= 15 is 0 Å². The lowest BCUT2D eigenvalue weighted by Gasteiger charge is -2.28. The fourth-order valence-corrected chi connectivity index (χ4v) is 3.92. The lowest BCUT2D eigenvalue weighted by molar-refractivity contribution is -0.145. The van der Waals surface area contributed by atoms with Crippen LogP contribution in [-0.4, -0.2) is 86.6 Å². The Morgan fingerprint density at radius 3 is 2.22 bits per heavy atom. The molecule has 1 aromatic rings. The first-order valence-corrected chi connectivity index (χ1v) is 11.4. The largest absolute Gasteiger partial charge is 0.481 e. The molecule has 4 unspecified atom stereocenters. The lowest BCUT2D eigenvalue weighted by Crippen LogP contribution is -2.57. The molecule has 7 N–H and O–H groups in total. The van der Waals surface area contributed by atoms with Gasteiger partial charge in [-0.05, 0) is 31.2 Å². The van der Waals surface area contributed by atoms with Crippen molar-refractivity contribution < 1.29 is 44.1 Å². The molecule has 13 heteroatoms. The number of rotatable bonds is 13. The molecule has 0 aliphatic carbocycles. The molecule has 2 rings (SSSR count). The van der Waals surface area contributed by atoms with Gasteiger partial charge in [-0.15, -0.1) is 0 Å². The Morgan fingerprint density at radius 1 is 0.972 bits per heavy atom. The topological polar surface area (TPSA) is 216 Å². The molecule has 0 spiro atoms. The van der Waals surface area contributed by atoms with E-state index in [4.69, 9.17) is 10.8 Å². The highest BCUT2D eigenvalue weighted by molar-refractivity contribution is 5.96. The molecule has 0 saturated carbocycles. The molecule has 0 radical (unpaired) electrons. The van der Waals surface area contributed by atoms with Crippen molar-refractivity contribution in [2.24, 2.45) is 5.73 Å². The first-order valence-electron chi connectivity index (χ1n) is 11.4. The van der Waals surface area contributed by atoms with Gasteiger partial charge < -0.3 is 36.6 Å². The zero-order valence-electron chi connectivity index (χ0n) is 19.5. The third kappa shape index (κ3) is 8.34. The van der Waals surface area contributed by atoms with Gasteiger partial charge in [-0.25, -0.2) is 4.79 Å². The minimum atomic E-state index is -1.64. The number of carboxylic acids is 3. The molecule has 1 saturated heterocycles. The third-order valence-corrected chi connectivity index (χ3v) is 5.73. The number of carbonyl (C=O) groups is 6. The van der Waals surface area contributed by atoms with E-state index in [1.54, 1.807) is 0 Å². The number of hydrogen-bond acceptors (Lipinski definition) is 7. The molecular weight excluding hydrogens is 476 g/mol. The first-order chi connectivity index (χ1) is 17.0. The van der Waals surface area contributed by atoms with E-state index in [1.807, 2.05) is 30.3 Å². The van der Waals surface area contributed by atoms with Crippen molar-refractivity contribution in [1.29, 1.82) is 0 Å². The van der Waals surface area contributed by atoms with Crippen LogP contribution < -0.4 is 16.4 Å². The Bertz CT molecular complexity index is 985. The van der Waals surface area contributed by atoms with E-state index in [0.29, 0.717) is 6.42 Å². The minimum absolute atomic E-state index is 0.251. The smallest absolute Gasteiger partial charge is 0.326 e. The fourth-order valence-electron chi connectivity index (χ4n) is 3.92. The molecule has 1 heterocycles. The summed E-state index contributed by atoms with van der Waals surface area (Å²) in [7, 11) is 0. The summed E-state index contributed by atoms with van der Waals surface area (Å²) >= 11 is 0. The summed E-state index contributed by atoms with van der Waals surface area (Å²) < 4.78 is 0. The molecule has 36 heavy (non-hydrogen) atoms. The van der Waals surface area contributed by atoms with Crippen LogP contribution in [0.5, 0.6) is 0 Å². The summed E-state index contributed by atoms with van der Waals surface area (Å²) in [5, 5.41) is 31.5. The van der Waals surface area contributed by atoms with Crippen molar-refractivity contribution in [3.63, 3.8) is 0 Å². The molecular formula is C23H30N4O9. The van der Waals surface area contributed by atoms with Crippen LogP contribution in [-0.2, 0) is 35.2 Å². The Labute approximate surface area is 206 Å². The second-order valence-electron chi connectivity index (χ2n) is 8.48. The summed E-state index contributed by atoms with van der Waals surface area (Å²) in [4.78, 5) is 73.2. The fraction of sp³-hybridized carbons (Fsp3) is 0.478. The summed E-state index contributed by atoms with van der Waals surface area (Å²) in [6.07, 6.45) is -0.816. The van der Waals surface area contributed by atoms with Crippen LogP contribution in [0.25, 0.3) is 0 Å². The number of carbonyl (C=O) groups excluding carboxylic acids is 3. The first kappa shape index (κ1) is 28.2. The number of amides is 3. The van der Waals surface area contributed by atoms with Gasteiger partial charge in [0.1, 0.15) is 18.1 Å². The second-order valence-corrected chi connectivity index (χ2v) is 8.48. The van der Waals surface area contributed by atoms with Gasteiger partial charge in [0.05, 0.1) is 12.5 Å². The van der Waals surface area contributed by atoms with E-state index in [2.05, 4.69) is 10.6 Å². The van der Waals surface area contributed by atoms with E-state index in [-0.39, 0.29) is 19.4 Å². The molecule has 0 aromatic heterocycles. The molecule has 1 aliphatic heterocycles. The zero-order chi connectivity index (χ0) is 26.8. The highest BCUT2D eigenvalue weighted by atomic mass is 16.4. The number of likely N-dealkylation sites (tertiary alicyclic amines) is 1. The van der Waals surface area contributed by atoms with Crippen molar-refractivity contribution >= 4 is 35.6 Å². The van der Waals surface area contributed by atoms with Crippen LogP contribution in [0.2, 0.25) is 0 Å². The van der Waals surface area contributed by atoms with Crippen LogP contribution in [0.4, 0.5) is 0 Å². The summed E-state index contributed by atoms with van der Waals surface area (Å²) in [5.41, 5.74) is 6.92. The van der Waals surface area contributed by atoms with E-state index in [9.17, 15) is 39.0 Å². The normalized spacial score (nSPS) is 17.5. The van der Waals surface area contributed by atoms with Crippen LogP contribution in [0.15, 0.2) is 30.3 Å². The molecule has 4 atom stereocenters. The van der Waals surface area contributed by atoms with Gasteiger partial charge in [-0.1, -0.05) is 30.3 Å². The maximum atomic E-state index is 13.0. The van der Waals surface area contributed by atoms with Crippen LogP contribution in [0.3, 0.4) is 0 Å². The maximum Gasteiger partial charge on any atom is 0.326 e. The van der Waals surface area contributed by atoms with Gasteiger partial charge in [0.15, 0.2) is 0 Å². The van der Waals surface area contributed by atoms with E-state index in [0.717, 1.165) is 5.56 Å². The summed E-state index contributed by atoms with van der Waals surface area (Å²) in [6.45, 7) is 0.255. The highest BCUT2D eigenvalue weighted by Gasteiger charge is 2.38. The molecule has 1 aliphatic rings.